The summed E-state index contributed by atoms with van der Waals surface area (Å²) in [6.45, 7) is 10.8. The Labute approximate surface area is 763 Å². The SMILES string of the molecule is CNC(=O)c1ncccc1NC(=O)/C=C1\C(=O)CCc2cc(C)c(OC(F)F)cc21.COc1cc2c(cc1C)C(=O)CC/C2=C\C(=O)Nc1ccccc1C(=O)O.COc1cc2c(cc1C)SCC/C2=C\C(=O)NC1(C(=O)O)CCC1.Cc1ccc2c(c1C)C(=O)OC/C2=C\C(=O)Nc1ncccc1C(=O)O.Cc1ccc2c(c1C)OCC/C2=C\C(=O)NC1CCCCC1C(=O)O. The first-order chi connectivity index (χ1) is 63.0. The van der Waals surface area contributed by atoms with Crippen molar-refractivity contribution >= 4 is 134 Å². The fraction of sp³-hybridized carbons (Fsp3) is 0.303. The number of aromatic nitrogens is 2. The number of allylic oxidation sites excluding steroid dienone is 3. The molecular weight excluding hydrogens is 1720 g/mol. The van der Waals surface area contributed by atoms with Gasteiger partial charge in [-0.25, -0.2) is 29.1 Å². The molecule has 0 saturated heterocycles. The van der Waals surface area contributed by atoms with Crippen molar-refractivity contribution in [1.82, 2.24) is 25.9 Å². The number of amides is 6. The second-order valence-electron chi connectivity index (χ2n) is 32.1. The number of methoxy groups -OCH3 is 2. The Morgan fingerprint density at radius 2 is 1.11 bits per heavy atom. The van der Waals surface area contributed by atoms with E-state index in [1.165, 1.54) is 68.0 Å². The molecule has 33 heteroatoms. The molecule has 0 spiro atoms. The van der Waals surface area contributed by atoms with E-state index >= 15 is 0 Å². The van der Waals surface area contributed by atoms with Crippen LogP contribution in [-0.4, -0.2) is 166 Å². The molecule has 688 valence electrons. The van der Waals surface area contributed by atoms with Crippen LogP contribution in [0, 0.1) is 54.4 Å². The summed E-state index contributed by atoms with van der Waals surface area (Å²) in [5.41, 5.74) is 14.3. The molecule has 2 atom stereocenters. The zero-order chi connectivity index (χ0) is 95.5. The van der Waals surface area contributed by atoms with Crippen LogP contribution >= 0.6 is 11.8 Å². The van der Waals surface area contributed by atoms with E-state index in [0.717, 1.165) is 122 Å². The summed E-state index contributed by atoms with van der Waals surface area (Å²) in [5, 5.41) is 52.7. The van der Waals surface area contributed by atoms with Crippen molar-refractivity contribution in [1.29, 1.82) is 0 Å². The quantitative estimate of drug-likeness (QED) is 0.0265. The fourth-order valence-electron chi connectivity index (χ4n) is 16.1. The van der Waals surface area contributed by atoms with Gasteiger partial charge < -0.3 is 76.0 Å². The number of esters is 1. The molecular formula is C99H100F2N8O22S. The molecule has 2 fully saturated rings. The number of thioether (sulfide) groups is 1. The molecule has 7 aliphatic rings. The number of nitrogens with one attached hydrogen (secondary N) is 6. The van der Waals surface area contributed by atoms with E-state index < -0.39 is 71.5 Å². The van der Waals surface area contributed by atoms with Crippen LogP contribution in [0.15, 0.2) is 157 Å². The number of ether oxygens (including phenoxy) is 5. The lowest BCUT2D eigenvalue weighted by molar-refractivity contribution is -0.151. The standard InChI is InChI=1S/C21H19F2N3O4.C21H19NO5.C20H25NO4.C19H16N2O5.C18H21NO4S/c1-11-8-12-5-6-16(27)14(13(12)9-17(11)30-21(22)23)10-18(28)26-15-4-3-7-25-19(15)20(29)24-2;1-12-9-16-15(11-19(12)27-2)13(7-8-18(16)23)10-20(24)22-17-6-4-3-5-14(17)21(25)26;1-12-7-8-15-14(9-10-25-19(15)13(12)2)11-18(22)21-17-6-4-3-5-16(17)20(23)24;1-10-5-6-13-12(9-26-19(25)16(13)11(10)2)8-15(22)21-17-14(18(23)24)4-3-7-20-17;1-11-8-15-13(10-14(11)23-2)12(4-7-24-15)9-16(20)19-18(17(21)22)5-3-6-18/h3-4,7-10,21H,5-6H2,1-2H3,(H,24,29)(H,26,28);3-6,9-11H,7-8H2,1-2H3,(H,22,24)(H,25,26);7-8,11,16-17H,3-6,9-10H2,1-2H3,(H,21,22)(H,23,24);3-8H,9H2,1-2H3,(H,23,24)(H,20,21,22);8-10H,3-7H2,1-2H3,(H,19,20)(H,21,22)/b14-10-;13-10+;14-11+;12-8+;12-9+. The van der Waals surface area contributed by atoms with Crippen LogP contribution in [0.1, 0.15) is 201 Å². The van der Waals surface area contributed by atoms with E-state index in [0.29, 0.717) is 102 Å². The average Bonchev–Trinajstić information content (AvgIpc) is 0.783. The van der Waals surface area contributed by atoms with Crippen molar-refractivity contribution in [2.45, 2.75) is 155 Å². The molecule has 0 bridgehead atoms. The number of benzene rings is 6. The number of carbonyl (C=O) groups excluding carboxylic acids is 9. The number of fused-ring (bicyclic) bond motifs is 5. The molecule has 8 aromatic rings. The first-order valence-electron chi connectivity index (χ1n) is 42.4. The lowest BCUT2D eigenvalue weighted by Gasteiger charge is -2.38. The van der Waals surface area contributed by atoms with E-state index in [1.807, 2.05) is 65.8 Å². The van der Waals surface area contributed by atoms with Crippen molar-refractivity contribution in [2.75, 3.05) is 56.2 Å². The predicted molar refractivity (Wildman–Crippen MR) is 490 cm³/mol. The van der Waals surface area contributed by atoms with Crippen LogP contribution in [0.4, 0.5) is 26.0 Å². The van der Waals surface area contributed by atoms with E-state index in [4.69, 9.17) is 24.1 Å². The monoisotopic (exact) mass is 1820 g/mol. The average molecular weight is 1820 g/mol. The van der Waals surface area contributed by atoms with Gasteiger partial charge >= 0.3 is 36.5 Å². The number of carbonyl (C=O) groups is 13. The minimum absolute atomic E-state index is 0.0146. The van der Waals surface area contributed by atoms with Gasteiger partial charge in [0, 0.05) is 108 Å². The molecule has 6 amide bonds. The summed E-state index contributed by atoms with van der Waals surface area (Å²) in [6, 6.07) is 30.1. The Morgan fingerprint density at radius 3 is 1.80 bits per heavy atom. The van der Waals surface area contributed by atoms with Crippen LogP contribution < -0.4 is 50.8 Å². The minimum Gasteiger partial charge on any atom is -0.496 e. The molecule has 0 radical (unpaired) electrons. The van der Waals surface area contributed by atoms with Gasteiger partial charge in [0.15, 0.2) is 17.3 Å². The predicted octanol–water partition coefficient (Wildman–Crippen LogP) is 15.4. The van der Waals surface area contributed by atoms with Gasteiger partial charge in [0.2, 0.25) is 29.5 Å². The van der Waals surface area contributed by atoms with Crippen LogP contribution in [0.3, 0.4) is 0 Å². The highest BCUT2D eigenvalue weighted by Gasteiger charge is 2.46. The van der Waals surface area contributed by atoms with Crippen molar-refractivity contribution in [2.24, 2.45) is 5.92 Å². The summed E-state index contributed by atoms with van der Waals surface area (Å²) in [7, 11) is 4.62. The van der Waals surface area contributed by atoms with E-state index in [-0.39, 0.29) is 87.8 Å². The number of anilines is 3. The van der Waals surface area contributed by atoms with Crippen molar-refractivity contribution in [3.63, 3.8) is 0 Å². The van der Waals surface area contributed by atoms with E-state index in [9.17, 15) is 86.4 Å². The van der Waals surface area contributed by atoms with Gasteiger partial charge in [0.1, 0.15) is 46.5 Å². The summed E-state index contributed by atoms with van der Waals surface area (Å²) in [5.74, 6) is -4.81. The lowest BCUT2D eigenvalue weighted by Crippen LogP contribution is -2.58. The van der Waals surface area contributed by atoms with Gasteiger partial charge in [-0.05, 0) is 250 Å². The normalized spacial score (nSPS) is 17.4. The third kappa shape index (κ3) is 23.8. The summed E-state index contributed by atoms with van der Waals surface area (Å²) < 4.78 is 51.6. The first kappa shape index (κ1) is 97.8. The second kappa shape index (κ2) is 44.0. The number of hydrogen-bond donors (Lipinski definition) is 10. The number of aromatic carboxylic acids is 2. The smallest absolute Gasteiger partial charge is 0.387 e. The van der Waals surface area contributed by atoms with Crippen molar-refractivity contribution in [3.05, 3.63) is 252 Å². The van der Waals surface area contributed by atoms with E-state index in [1.54, 1.807) is 87.5 Å². The summed E-state index contributed by atoms with van der Waals surface area (Å²) in [6.07, 6.45) is 17.7. The fourth-order valence-corrected chi connectivity index (χ4v) is 17.2. The number of para-hydroxylation sites is 1. The number of ketones is 2. The number of nitrogens with zero attached hydrogens (tertiary/aromatic N) is 2. The zero-order valence-corrected chi connectivity index (χ0v) is 75.0. The number of aryl methyl sites for hydroxylation is 6. The molecule has 15 rings (SSSR count). The number of halogens is 2. The number of aliphatic carboxylic acids is 2. The molecule has 132 heavy (non-hydrogen) atoms. The highest BCUT2D eigenvalue weighted by Crippen LogP contribution is 2.43. The Morgan fingerprint density at radius 1 is 0.530 bits per heavy atom. The minimum atomic E-state index is -3.01. The number of rotatable bonds is 19. The molecule has 10 N–H and O–H groups in total. The number of carboxylic acid groups (broad SMARTS) is 4. The Bertz CT molecular complexity index is 6130. The Balaban J connectivity index is 0.000000159. The number of pyridine rings is 2. The van der Waals surface area contributed by atoms with E-state index in [2.05, 4.69) is 52.7 Å². The van der Waals surface area contributed by atoms with Crippen LogP contribution in [0.5, 0.6) is 23.0 Å². The molecule has 2 saturated carbocycles. The third-order valence-corrected chi connectivity index (χ3v) is 24.5. The lowest BCUT2D eigenvalue weighted by atomic mass is 9.76. The zero-order valence-electron chi connectivity index (χ0n) is 74.2. The maximum absolute atomic E-state index is 12.7. The number of hydrogen-bond acceptors (Lipinski definition) is 21. The third-order valence-electron chi connectivity index (χ3n) is 23.5. The maximum atomic E-state index is 12.7. The van der Waals surface area contributed by atoms with Gasteiger partial charge in [0.05, 0.1) is 49.2 Å². The molecule has 3 aliphatic heterocycles. The van der Waals surface area contributed by atoms with Crippen molar-refractivity contribution < 1.29 is 115 Å². The Hall–Kier alpha value is -14.8. The summed E-state index contributed by atoms with van der Waals surface area (Å²) in [4.78, 5) is 165. The second-order valence-corrected chi connectivity index (χ2v) is 33.2. The molecule has 5 heterocycles. The molecule has 6 aromatic carbocycles. The Kier molecular flexibility index (Phi) is 32.6. The highest BCUT2D eigenvalue weighted by molar-refractivity contribution is 7.99. The van der Waals surface area contributed by atoms with Gasteiger partial charge in [-0.15, -0.1) is 11.8 Å². The van der Waals surface area contributed by atoms with Crippen molar-refractivity contribution in [3.8, 4) is 23.0 Å². The first-order valence-corrected chi connectivity index (χ1v) is 43.4. The largest absolute Gasteiger partial charge is 0.496 e. The highest BCUT2D eigenvalue weighted by atomic mass is 32.2. The molecule has 2 unspecified atom stereocenters. The van der Waals surface area contributed by atoms with Gasteiger partial charge in [-0.3, -0.25) is 43.2 Å². The molecule has 4 aliphatic carbocycles. The summed E-state index contributed by atoms with van der Waals surface area (Å²) >= 11 is 1.76. The topological polar surface area (TPSA) is 447 Å². The van der Waals surface area contributed by atoms with Crippen LogP contribution in [-0.2, 0) is 49.5 Å². The number of alkyl halides is 2. The van der Waals surface area contributed by atoms with Crippen LogP contribution in [0.25, 0.3) is 27.9 Å². The van der Waals surface area contributed by atoms with Gasteiger partial charge in [-0.1, -0.05) is 55.3 Å². The number of carboxylic acids is 4. The van der Waals surface area contributed by atoms with Gasteiger partial charge in [-0.2, -0.15) is 8.78 Å². The molecule has 30 nitrogen and oxygen atoms in total. The number of cyclic esters (lactones) is 1. The molecule has 2 aromatic heterocycles. The number of Topliss-reactive ketones (excluding diaryl/α,β-unsaturated/α-hetero) is 2. The van der Waals surface area contributed by atoms with Crippen LogP contribution in [0.2, 0.25) is 0 Å². The van der Waals surface area contributed by atoms with Gasteiger partial charge in [0.25, 0.3) is 5.91 Å². The maximum Gasteiger partial charge on any atom is 0.387 e.